The summed E-state index contributed by atoms with van der Waals surface area (Å²) >= 11 is 0. The molecule has 2 atom stereocenters. The third kappa shape index (κ3) is 9.55. The van der Waals surface area contributed by atoms with Crippen molar-refractivity contribution in [3.8, 4) is 0 Å². The lowest BCUT2D eigenvalue weighted by atomic mass is 10.0. The molecular formula is C16H35IN4. The van der Waals surface area contributed by atoms with Crippen LogP contribution in [-0.2, 0) is 0 Å². The Balaban J connectivity index is 0.00000400. The third-order valence-corrected chi connectivity index (χ3v) is 4.09. The number of aliphatic imine (C=N–C) groups is 1. The zero-order chi connectivity index (χ0) is 15.1. The standard InChI is InChI=1S/C16H34N4.HI/c1-12(2)7-6-8-13(3)19-16(17)18-11-15(20(4)5)14-9-10-14;/h12-15H,6-11H2,1-5H3,(H3,17,18,19);1H. The lowest BCUT2D eigenvalue weighted by molar-refractivity contribution is 0.271. The van der Waals surface area contributed by atoms with E-state index < -0.39 is 0 Å². The smallest absolute Gasteiger partial charge is 0.188 e. The van der Waals surface area contributed by atoms with Crippen LogP contribution in [0.4, 0.5) is 0 Å². The summed E-state index contributed by atoms with van der Waals surface area (Å²) in [5.41, 5.74) is 6.00. The molecule has 0 bridgehead atoms. The van der Waals surface area contributed by atoms with Gasteiger partial charge in [0.25, 0.3) is 0 Å². The molecule has 0 aromatic rings. The lowest BCUT2D eigenvalue weighted by Gasteiger charge is -2.22. The van der Waals surface area contributed by atoms with Crippen molar-refractivity contribution in [3.05, 3.63) is 0 Å². The van der Waals surface area contributed by atoms with E-state index in [-0.39, 0.29) is 24.0 Å². The normalized spacial score (nSPS) is 18.5. The molecule has 1 aliphatic carbocycles. The van der Waals surface area contributed by atoms with Gasteiger partial charge >= 0.3 is 0 Å². The molecule has 0 amide bonds. The van der Waals surface area contributed by atoms with E-state index in [9.17, 15) is 0 Å². The number of halogens is 1. The Morgan fingerprint density at radius 1 is 1.24 bits per heavy atom. The predicted molar refractivity (Wildman–Crippen MR) is 103 cm³/mol. The summed E-state index contributed by atoms with van der Waals surface area (Å²) in [5, 5.41) is 3.32. The van der Waals surface area contributed by atoms with Crippen molar-refractivity contribution in [1.82, 2.24) is 10.2 Å². The molecule has 0 spiro atoms. The quantitative estimate of drug-likeness (QED) is 0.349. The van der Waals surface area contributed by atoms with Crippen LogP contribution in [0.5, 0.6) is 0 Å². The summed E-state index contributed by atoms with van der Waals surface area (Å²) in [6.45, 7) is 7.54. The third-order valence-electron chi connectivity index (χ3n) is 4.09. The highest BCUT2D eigenvalue weighted by Gasteiger charge is 2.32. The highest BCUT2D eigenvalue weighted by molar-refractivity contribution is 14.0. The van der Waals surface area contributed by atoms with Crippen molar-refractivity contribution in [1.29, 1.82) is 0 Å². The minimum Gasteiger partial charge on any atom is -0.370 e. The molecule has 0 aliphatic heterocycles. The van der Waals surface area contributed by atoms with Crippen LogP contribution in [0.15, 0.2) is 4.99 Å². The molecule has 0 radical (unpaired) electrons. The van der Waals surface area contributed by atoms with Crippen LogP contribution >= 0.6 is 24.0 Å². The van der Waals surface area contributed by atoms with Gasteiger partial charge in [0.1, 0.15) is 0 Å². The van der Waals surface area contributed by atoms with Gasteiger partial charge in [0.15, 0.2) is 5.96 Å². The van der Waals surface area contributed by atoms with Gasteiger partial charge in [-0.3, -0.25) is 4.99 Å². The zero-order valence-electron chi connectivity index (χ0n) is 14.4. The van der Waals surface area contributed by atoms with Crippen LogP contribution in [-0.4, -0.2) is 43.6 Å². The molecule has 1 fully saturated rings. The topological polar surface area (TPSA) is 53.6 Å². The maximum atomic E-state index is 6.00. The lowest BCUT2D eigenvalue weighted by Crippen LogP contribution is -2.40. The van der Waals surface area contributed by atoms with E-state index in [1.54, 1.807) is 0 Å². The second-order valence-electron chi connectivity index (χ2n) is 6.96. The molecule has 0 aromatic carbocycles. The Morgan fingerprint density at radius 3 is 2.33 bits per heavy atom. The van der Waals surface area contributed by atoms with Gasteiger partial charge in [-0.15, -0.1) is 24.0 Å². The summed E-state index contributed by atoms with van der Waals surface area (Å²) in [5.74, 6) is 2.21. The Labute approximate surface area is 148 Å². The van der Waals surface area contributed by atoms with E-state index in [4.69, 9.17) is 5.73 Å². The molecule has 1 rings (SSSR count). The summed E-state index contributed by atoms with van der Waals surface area (Å²) in [6.07, 6.45) is 6.39. The summed E-state index contributed by atoms with van der Waals surface area (Å²) in [4.78, 5) is 6.81. The van der Waals surface area contributed by atoms with Crippen LogP contribution in [0.3, 0.4) is 0 Å². The maximum Gasteiger partial charge on any atom is 0.188 e. The number of rotatable bonds is 9. The highest BCUT2D eigenvalue weighted by Crippen LogP contribution is 2.34. The molecule has 21 heavy (non-hydrogen) atoms. The predicted octanol–water partition coefficient (Wildman–Crippen LogP) is 3.06. The van der Waals surface area contributed by atoms with Crippen LogP contribution in [0.2, 0.25) is 0 Å². The first-order valence-corrected chi connectivity index (χ1v) is 8.13. The Morgan fingerprint density at radius 2 is 1.86 bits per heavy atom. The van der Waals surface area contributed by atoms with E-state index >= 15 is 0 Å². The first-order valence-electron chi connectivity index (χ1n) is 8.13. The number of guanidine groups is 1. The summed E-state index contributed by atoms with van der Waals surface area (Å²) in [7, 11) is 4.27. The molecule has 1 aliphatic rings. The Bertz CT molecular complexity index is 299. The van der Waals surface area contributed by atoms with Crippen LogP contribution in [0.25, 0.3) is 0 Å². The Kier molecular flexibility index (Phi) is 10.6. The summed E-state index contributed by atoms with van der Waals surface area (Å²) < 4.78 is 0. The van der Waals surface area contributed by atoms with Crippen LogP contribution in [0, 0.1) is 11.8 Å². The Hall–Kier alpha value is -0.0400. The molecule has 2 unspecified atom stereocenters. The fourth-order valence-electron chi connectivity index (χ4n) is 2.61. The molecule has 0 saturated heterocycles. The van der Waals surface area contributed by atoms with Gasteiger partial charge in [-0.2, -0.15) is 0 Å². The minimum absolute atomic E-state index is 0. The van der Waals surface area contributed by atoms with Crippen molar-refractivity contribution in [2.45, 2.75) is 65.0 Å². The fraction of sp³-hybridized carbons (Fsp3) is 0.938. The number of hydrogen-bond acceptors (Lipinski definition) is 2. The number of nitrogens with one attached hydrogen (secondary N) is 1. The maximum absolute atomic E-state index is 6.00. The molecule has 5 heteroatoms. The van der Waals surface area contributed by atoms with Gasteiger partial charge < -0.3 is 16.0 Å². The zero-order valence-corrected chi connectivity index (χ0v) is 16.8. The van der Waals surface area contributed by atoms with Gasteiger partial charge in [0.05, 0.1) is 6.54 Å². The van der Waals surface area contributed by atoms with Crippen molar-refractivity contribution in [2.75, 3.05) is 20.6 Å². The highest BCUT2D eigenvalue weighted by atomic mass is 127. The molecule has 126 valence electrons. The van der Waals surface area contributed by atoms with Gasteiger partial charge in [-0.25, -0.2) is 0 Å². The molecule has 0 aromatic heterocycles. The average molecular weight is 410 g/mol. The van der Waals surface area contributed by atoms with Crippen molar-refractivity contribution in [2.24, 2.45) is 22.6 Å². The molecule has 1 saturated carbocycles. The number of nitrogens with zero attached hydrogens (tertiary/aromatic N) is 2. The van der Waals surface area contributed by atoms with E-state index in [0.717, 1.165) is 24.8 Å². The molecule has 0 heterocycles. The number of hydrogen-bond donors (Lipinski definition) is 2. The van der Waals surface area contributed by atoms with Crippen LogP contribution in [0.1, 0.15) is 52.9 Å². The molecular weight excluding hydrogens is 375 g/mol. The molecule has 3 N–H and O–H groups in total. The van der Waals surface area contributed by atoms with Gasteiger partial charge in [0, 0.05) is 12.1 Å². The SMILES string of the molecule is CC(C)CCCC(C)NC(N)=NCC(C1CC1)N(C)C.I. The first-order chi connectivity index (χ1) is 9.40. The van der Waals surface area contributed by atoms with Crippen molar-refractivity contribution in [3.63, 3.8) is 0 Å². The summed E-state index contributed by atoms with van der Waals surface area (Å²) in [6, 6.07) is 0.961. The first kappa shape index (κ1) is 21.0. The van der Waals surface area contributed by atoms with Crippen molar-refractivity contribution >= 4 is 29.9 Å². The van der Waals surface area contributed by atoms with E-state index in [2.05, 4.69) is 50.1 Å². The second-order valence-corrected chi connectivity index (χ2v) is 6.96. The monoisotopic (exact) mass is 410 g/mol. The number of likely N-dealkylation sites (N-methyl/N-ethyl adjacent to an activating group) is 1. The second kappa shape index (κ2) is 10.6. The molecule has 4 nitrogen and oxygen atoms in total. The van der Waals surface area contributed by atoms with Gasteiger partial charge in [-0.1, -0.05) is 26.7 Å². The average Bonchev–Trinajstić information content (AvgIpc) is 3.12. The van der Waals surface area contributed by atoms with Gasteiger partial charge in [0.2, 0.25) is 0 Å². The van der Waals surface area contributed by atoms with Gasteiger partial charge in [-0.05, 0) is 52.1 Å². The number of nitrogens with two attached hydrogens (primary N) is 1. The van der Waals surface area contributed by atoms with E-state index in [1.165, 1.54) is 25.7 Å². The van der Waals surface area contributed by atoms with E-state index in [1.807, 2.05) is 0 Å². The van der Waals surface area contributed by atoms with Crippen molar-refractivity contribution < 1.29 is 0 Å². The largest absolute Gasteiger partial charge is 0.370 e. The van der Waals surface area contributed by atoms with E-state index in [0.29, 0.717) is 18.0 Å². The van der Waals surface area contributed by atoms with Crippen LogP contribution < -0.4 is 11.1 Å². The fourth-order valence-corrected chi connectivity index (χ4v) is 2.61. The minimum atomic E-state index is 0.